The van der Waals surface area contributed by atoms with Crippen molar-refractivity contribution in [1.82, 2.24) is 5.32 Å². The number of hydrogen-bond acceptors (Lipinski definition) is 2. The van der Waals surface area contributed by atoms with E-state index >= 15 is 0 Å². The molecule has 1 aliphatic rings. The van der Waals surface area contributed by atoms with Crippen LogP contribution in [0.15, 0.2) is 0 Å². The van der Waals surface area contributed by atoms with Crippen LogP contribution in [-0.4, -0.2) is 23.6 Å². The van der Waals surface area contributed by atoms with Crippen molar-refractivity contribution in [3.05, 3.63) is 0 Å². The van der Waals surface area contributed by atoms with Gasteiger partial charge in [0.25, 0.3) is 0 Å². The van der Waals surface area contributed by atoms with Gasteiger partial charge in [-0.15, -0.1) is 12.4 Å². The number of rotatable bonds is 0. The van der Waals surface area contributed by atoms with Crippen molar-refractivity contribution in [2.75, 3.05) is 11.5 Å². The molecule has 0 saturated carbocycles. The second-order valence-corrected chi connectivity index (χ2v) is 3.58. The number of halogens is 1. The van der Waals surface area contributed by atoms with Crippen LogP contribution >= 0.6 is 24.2 Å². The lowest BCUT2D eigenvalue weighted by Gasteiger charge is -2.24. The molecule has 56 valence electrons. The lowest BCUT2D eigenvalue weighted by Crippen LogP contribution is -2.41. The highest BCUT2D eigenvalue weighted by molar-refractivity contribution is 7.99. The van der Waals surface area contributed by atoms with Crippen molar-refractivity contribution >= 4 is 24.2 Å². The highest BCUT2D eigenvalue weighted by Gasteiger charge is 2.12. The molecule has 0 radical (unpaired) electrons. The van der Waals surface area contributed by atoms with Gasteiger partial charge in [-0.2, -0.15) is 11.8 Å². The monoisotopic (exact) mass is 167 g/mol. The fraction of sp³-hybridized carbons (Fsp3) is 1.00. The number of thioether (sulfide) groups is 1. The molecule has 2 unspecified atom stereocenters. The van der Waals surface area contributed by atoms with Gasteiger partial charge in [0.15, 0.2) is 0 Å². The maximum atomic E-state index is 3.46. The molecule has 1 N–H and O–H groups in total. The summed E-state index contributed by atoms with van der Waals surface area (Å²) in [7, 11) is 0. The SMILES string of the molecule is CC1CSCC(C)N1.Cl. The van der Waals surface area contributed by atoms with E-state index in [-0.39, 0.29) is 12.4 Å². The van der Waals surface area contributed by atoms with E-state index in [1.807, 2.05) is 11.8 Å². The van der Waals surface area contributed by atoms with Crippen molar-refractivity contribution in [3.8, 4) is 0 Å². The number of nitrogens with one attached hydrogen (secondary N) is 1. The summed E-state index contributed by atoms with van der Waals surface area (Å²) in [5.41, 5.74) is 0. The summed E-state index contributed by atoms with van der Waals surface area (Å²) in [6.45, 7) is 4.48. The first-order valence-electron chi connectivity index (χ1n) is 3.13. The minimum atomic E-state index is 0. The van der Waals surface area contributed by atoms with Crippen LogP contribution in [0.3, 0.4) is 0 Å². The molecule has 0 aromatic carbocycles. The van der Waals surface area contributed by atoms with E-state index in [1.54, 1.807) is 0 Å². The zero-order valence-corrected chi connectivity index (χ0v) is 7.52. The lowest BCUT2D eigenvalue weighted by molar-refractivity contribution is 0.514. The molecule has 0 bridgehead atoms. The van der Waals surface area contributed by atoms with E-state index in [0.29, 0.717) is 0 Å². The molecule has 1 rings (SSSR count). The van der Waals surface area contributed by atoms with Gasteiger partial charge in [0.1, 0.15) is 0 Å². The Labute approximate surface area is 67.4 Å². The van der Waals surface area contributed by atoms with Gasteiger partial charge < -0.3 is 5.32 Å². The highest BCUT2D eigenvalue weighted by atomic mass is 35.5. The van der Waals surface area contributed by atoms with Gasteiger partial charge >= 0.3 is 0 Å². The predicted molar refractivity (Wildman–Crippen MR) is 46.6 cm³/mol. The molecule has 1 aliphatic heterocycles. The maximum Gasteiger partial charge on any atom is 0.0132 e. The predicted octanol–water partition coefficient (Wildman–Crippen LogP) is 1.52. The van der Waals surface area contributed by atoms with E-state index in [9.17, 15) is 0 Å². The standard InChI is InChI=1S/C6H13NS.ClH/c1-5-3-8-4-6(2)7-5;/h5-7H,3-4H2,1-2H3;1H. The van der Waals surface area contributed by atoms with E-state index in [4.69, 9.17) is 0 Å². The molecule has 2 atom stereocenters. The average molecular weight is 168 g/mol. The first-order valence-corrected chi connectivity index (χ1v) is 4.28. The fourth-order valence-electron chi connectivity index (χ4n) is 1.00. The summed E-state index contributed by atoms with van der Waals surface area (Å²) in [5.74, 6) is 2.56. The van der Waals surface area contributed by atoms with E-state index < -0.39 is 0 Å². The van der Waals surface area contributed by atoms with Crippen molar-refractivity contribution in [2.45, 2.75) is 25.9 Å². The molecule has 0 spiro atoms. The first-order chi connectivity index (χ1) is 3.79. The normalized spacial score (nSPS) is 35.3. The summed E-state index contributed by atoms with van der Waals surface area (Å²) in [5, 5.41) is 3.46. The summed E-state index contributed by atoms with van der Waals surface area (Å²) >= 11 is 2.05. The van der Waals surface area contributed by atoms with Crippen LogP contribution in [0.5, 0.6) is 0 Å². The highest BCUT2D eigenvalue weighted by Crippen LogP contribution is 2.10. The molecule has 3 heteroatoms. The Hall–Kier alpha value is 0.600. The van der Waals surface area contributed by atoms with Crippen LogP contribution in [0.1, 0.15) is 13.8 Å². The van der Waals surface area contributed by atoms with Gasteiger partial charge in [-0.25, -0.2) is 0 Å². The molecule has 0 aromatic rings. The van der Waals surface area contributed by atoms with Gasteiger partial charge in [-0.05, 0) is 13.8 Å². The van der Waals surface area contributed by atoms with Gasteiger partial charge in [-0.3, -0.25) is 0 Å². The zero-order valence-electron chi connectivity index (χ0n) is 5.89. The summed E-state index contributed by atoms with van der Waals surface area (Å²) in [6.07, 6.45) is 0. The Morgan fingerprint density at radius 2 is 1.67 bits per heavy atom. The van der Waals surface area contributed by atoms with E-state index in [1.165, 1.54) is 11.5 Å². The second-order valence-electron chi connectivity index (χ2n) is 2.51. The number of hydrogen-bond donors (Lipinski definition) is 1. The summed E-state index contributed by atoms with van der Waals surface area (Å²) in [6, 6.07) is 1.45. The van der Waals surface area contributed by atoms with E-state index in [2.05, 4.69) is 19.2 Å². The van der Waals surface area contributed by atoms with Crippen LogP contribution in [0.25, 0.3) is 0 Å². The average Bonchev–Trinajstić information content (AvgIpc) is 1.64. The summed E-state index contributed by atoms with van der Waals surface area (Å²) in [4.78, 5) is 0. The molecule has 1 heterocycles. The Balaban J connectivity index is 0.000000640. The Morgan fingerprint density at radius 3 is 1.89 bits per heavy atom. The Bertz CT molecular complexity index is 71.5. The molecule has 1 saturated heterocycles. The van der Waals surface area contributed by atoms with Gasteiger partial charge in [0.05, 0.1) is 0 Å². The fourth-order valence-corrected chi connectivity index (χ4v) is 2.04. The summed E-state index contributed by atoms with van der Waals surface area (Å²) < 4.78 is 0. The van der Waals surface area contributed by atoms with Crippen molar-refractivity contribution in [3.63, 3.8) is 0 Å². The molecular formula is C6H14ClNS. The second kappa shape index (κ2) is 4.42. The van der Waals surface area contributed by atoms with Crippen molar-refractivity contribution in [2.24, 2.45) is 0 Å². The first kappa shape index (κ1) is 9.60. The van der Waals surface area contributed by atoms with Gasteiger partial charge in [0.2, 0.25) is 0 Å². The van der Waals surface area contributed by atoms with Crippen molar-refractivity contribution in [1.29, 1.82) is 0 Å². The molecular weight excluding hydrogens is 154 g/mol. The van der Waals surface area contributed by atoms with Crippen molar-refractivity contribution < 1.29 is 0 Å². The van der Waals surface area contributed by atoms with Gasteiger partial charge in [-0.1, -0.05) is 0 Å². The Morgan fingerprint density at radius 1 is 1.22 bits per heavy atom. The third-order valence-corrected chi connectivity index (χ3v) is 2.78. The molecule has 0 amide bonds. The van der Waals surface area contributed by atoms with Crippen LogP contribution in [0.2, 0.25) is 0 Å². The van der Waals surface area contributed by atoms with Crippen LogP contribution < -0.4 is 5.32 Å². The minimum Gasteiger partial charge on any atom is -0.310 e. The van der Waals surface area contributed by atoms with Crippen LogP contribution in [0, 0.1) is 0 Å². The third-order valence-electron chi connectivity index (χ3n) is 1.30. The maximum absolute atomic E-state index is 3.46. The molecule has 0 aliphatic carbocycles. The van der Waals surface area contributed by atoms with Crippen LogP contribution in [0.4, 0.5) is 0 Å². The van der Waals surface area contributed by atoms with Gasteiger partial charge in [0, 0.05) is 23.6 Å². The van der Waals surface area contributed by atoms with E-state index in [0.717, 1.165) is 12.1 Å². The quantitative estimate of drug-likeness (QED) is 0.588. The minimum absolute atomic E-state index is 0. The zero-order chi connectivity index (χ0) is 5.98. The van der Waals surface area contributed by atoms with Crippen LogP contribution in [-0.2, 0) is 0 Å². The molecule has 0 aromatic heterocycles. The Kier molecular flexibility index (Phi) is 4.72. The lowest BCUT2D eigenvalue weighted by atomic mass is 10.3. The topological polar surface area (TPSA) is 12.0 Å². The third kappa shape index (κ3) is 3.33. The molecule has 1 nitrogen and oxygen atoms in total. The molecule has 1 fully saturated rings. The smallest absolute Gasteiger partial charge is 0.0132 e. The molecule has 9 heavy (non-hydrogen) atoms. The largest absolute Gasteiger partial charge is 0.310 e.